The second kappa shape index (κ2) is 22.4. The maximum atomic E-state index is 15.1. The highest BCUT2D eigenvalue weighted by Gasteiger charge is 2.47. The van der Waals surface area contributed by atoms with Gasteiger partial charge in [0.2, 0.25) is 0 Å². The van der Waals surface area contributed by atoms with Crippen LogP contribution in [-0.4, -0.2) is 25.4 Å². The van der Waals surface area contributed by atoms with Crippen molar-refractivity contribution in [3.05, 3.63) is 238 Å². The number of fused-ring (bicyclic) bond motifs is 8. The lowest BCUT2D eigenvalue weighted by Crippen LogP contribution is -2.58. The van der Waals surface area contributed by atoms with Gasteiger partial charge in [-0.25, -0.2) is 9.59 Å². The summed E-state index contributed by atoms with van der Waals surface area (Å²) in [6.07, 6.45) is 0. The van der Waals surface area contributed by atoms with Crippen molar-refractivity contribution in [2.45, 2.75) is 170 Å². The highest BCUT2D eigenvalue weighted by Crippen LogP contribution is 2.56. The molecule has 6 nitrogen and oxygen atoms in total. The van der Waals surface area contributed by atoms with Gasteiger partial charge in [-0.05, 0) is 224 Å². The Kier molecular flexibility index (Phi) is 14.6. The largest absolute Gasteiger partial charge is 0.458 e. The van der Waals surface area contributed by atoms with Crippen molar-refractivity contribution in [3.63, 3.8) is 0 Å². The number of hydrogen-bond acceptors (Lipinski definition) is 6. The molecule has 4 heterocycles. The number of ether oxygens (including phenoxy) is 4. The normalized spacial score (nSPS) is 13.8. The Labute approximate surface area is 591 Å². The van der Waals surface area contributed by atoms with Crippen LogP contribution in [-0.2, 0) is 55.2 Å². The molecule has 4 aliphatic rings. The molecule has 0 aromatic heterocycles. The van der Waals surface area contributed by atoms with Gasteiger partial charge in [0, 0.05) is 0 Å². The van der Waals surface area contributed by atoms with E-state index in [9.17, 15) is 0 Å². The van der Waals surface area contributed by atoms with Gasteiger partial charge >= 0.3 is 11.9 Å². The fraction of sp³-hybridized carbons (Fsp3) is 0.283. The summed E-state index contributed by atoms with van der Waals surface area (Å²) in [5.41, 5.74) is 23.9. The van der Waals surface area contributed by atoms with Crippen LogP contribution in [0.25, 0.3) is 76.8 Å². The molecule has 0 spiro atoms. The van der Waals surface area contributed by atoms with Gasteiger partial charge in [0.25, 0.3) is 13.4 Å². The SMILES string of the molecule is CC(C)(C)c1cc(C(C)(C)C)c(-c2cc3c4c(cc5c(-c6c(C(C)(C)C)cc(C(C)(C)C)cc6C(C)(C)C)cc6c7c(cc2c4c57)B2c4ccccc4Oc4cc(C(=O)OCc5ccccc5)cc-6c42)B2c4ccccc4Oc4cc(C(=O)OCc5ccccc5)cc-3c42)c(C(C)(C)C)c1. The number of carbonyl (C=O) groups is 2. The van der Waals surface area contributed by atoms with E-state index in [1.165, 1.54) is 55.4 Å². The zero-order chi connectivity index (χ0) is 70.4. The summed E-state index contributed by atoms with van der Waals surface area (Å²) in [5.74, 6) is 1.95. The van der Waals surface area contributed by atoms with Crippen LogP contribution in [0.2, 0.25) is 0 Å². The fourth-order valence-corrected chi connectivity index (χ4v) is 16.8. The van der Waals surface area contributed by atoms with Gasteiger partial charge in [-0.15, -0.1) is 0 Å². The van der Waals surface area contributed by atoms with E-state index in [1.807, 2.05) is 72.8 Å². The number of carbonyl (C=O) groups excluding carboxylic acids is 2. The fourth-order valence-electron chi connectivity index (χ4n) is 16.8. The summed E-state index contributed by atoms with van der Waals surface area (Å²) in [5, 5.41) is 6.93. The first-order chi connectivity index (χ1) is 47.2. The maximum Gasteiger partial charge on any atom is 0.338 e. The second-order valence-corrected chi connectivity index (χ2v) is 35.0. The average Bonchev–Trinajstić information content (AvgIpc) is 0.664. The molecule has 100 heavy (non-hydrogen) atoms. The molecule has 0 aliphatic carbocycles. The Hall–Kier alpha value is -9.65. The van der Waals surface area contributed by atoms with E-state index in [-0.39, 0.29) is 59.1 Å². The van der Waals surface area contributed by atoms with Crippen LogP contribution in [0.4, 0.5) is 0 Å². The summed E-state index contributed by atoms with van der Waals surface area (Å²) < 4.78 is 27.0. The number of benzene rings is 12. The molecule has 498 valence electrons. The summed E-state index contributed by atoms with van der Waals surface area (Å²) in [4.78, 5) is 30.2. The van der Waals surface area contributed by atoms with Crippen LogP contribution in [0, 0.1) is 0 Å². The average molecular weight is 1310 g/mol. The minimum Gasteiger partial charge on any atom is -0.458 e. The van der Waals surface area contributed by atoms with Crippen LogP contribution in [0.3, 0.4) is 0 Å². The number of rotatable bonds is 8. The van der Waals surface area contributed by atoms with Crippen molar-refractivity contribution >= 4 is 90.5 Å². The molecule has 0 N–H and O–H groups in total. The van der Waals surface area contributed by atoms with Crippen LogP contribution in [0.15, 0.2) is 182 Å². The molecule has 16 rings (SSSR count). The Morgan fingerprint density at radius 3 is 0.980 bits per heavy atom. The third kappa shape index (κ3) is 10.4. The van der Waals surface area contributed by atoms with E-state index in [4.69, 9.17) is 18.9 Å². The Bertz CT molecular complexity index is 5050. The molecule has 0 unspecified atom stereocenters. The summed E-state index contributed by atoms with van der Waals surface area (Å²) in [7, 11) is 0. The van der Waals surface area contributed by atoms with Crippen LogP contribution < -0.4 is 42.3 Å². The molecule has 0 fully saturated rings. The zero-order valence-electron chi connectivity index (χ0n) is 61.3. The van der Waals surface area contributed by atoms with Crippen LogP contribution in [0.5, 0.6) is 23.0 Å². The molecule has 0 amide bonds. The minimum atomic E-state index is -0.422. The van der Waals surface area contributed by atoms with Gasteiger partial charge in [0.15, 0.2) is 0 Å². The highest BCUT2D eigenvalue weighted by atomic mass is 16.5. The second-order valence-electron chi connectivity index (χ2n) is 35.0. The molecule has 0 saturated carbocycles. The van der Waals surface area contributed by atoms with Gasteiger partial charge in [-0.3, -0.25) is 0 Å². The first-order valence-electron chi connectivity index (χ1n) is 35.8. The van der Waals surface area contributed by atoms with Crippen LogP contribution >= 0.6 is 0 Å². The summed E-state index contributed by atoms with van der Waals surface area (Å²) in [6, 6.07) is 65.1. The minimum absolute atomic E-state index is 0.125. The van der Waals surface area contributed by atoms with Crippen molar-refractivity contribution in [2.24, 2.45) is 0 Å². The summed E-state index contributed by atoms with van der Waals surface area (Å²) in [6.45, 7) is 42.1. The third-order valence-electron chi connectivity index (χ3n) is 21.8. The first-order valence-corrected chi connectivity index (χ1v) is 35.8. The van der Waals surface area contributed by atoms with Gasteiger partial charge in [0.1, 0.15) is 36.2 Å². The van der Waals surface area contributed by atoms with E-state index >= 15 is 9.59 Å². The van der Waals surface area contributed by atoms with E-state index < -0.39 is 11.9 Å². The first kappa shape index (κ1) is 65.0. The molecule has 0 saturated heterocycles. The predicted octanol–water partition coefficient (Wildman–Crippen LogP) is 19.6. The van der Waals surface area contributed by atoms with Gasteiger partial charge in [-0.1, -0.05) is 269 Å². The van der Waals surface area contributed by atoms with Crippen molar-refractivity contribution < 1.29 is 28.5 Å². The number of para-hydroxylation sites is 2. The zero-order valence-corrected chi connectivity index (χ0v) is 61.3. The number of hydrogen-bond donors (Lipinski definition) is 0. The Morgan fingerprint density at radius 2 is 0.650 bits per heavy atom. The Morgan fingerprint density at radius 1 is 0.320 bits per heavy atom. The number of esters is 2. The molecular formula is C92H88B2O6. The molecule has 4 aliphatic heterocycles. The van der Waals surface area contributed by atoms with Crippen molar-refractivity contribution in [1.82, 2.24) is 0 Å². The van der Waals surface area contributed by atoms with E-state index in [0.29, 0.717) is 22.6 Å². The molecule has 8 heteroatoms. The van der Waals surface area contributed by atoms with Crippen LogP contribution in [0.1, 0.15) is 190 Å². The van der Waals surface area contributed by atoms with Gasteiger partial charge in [-0.2, -0.15) is 0 Å². The van der Waals surface area contributed by atoms with E-state index in [2.05, 4.69) is 234 Å². The maximum absolute atomic E-state index is 15.1. The van der Waals surface area contributed by atoms with E-state index in [1.54, 1.807) is 0 Å². The summed E-state index contributed by atoms with van der Waals surface area (Å²) >= 11 is 0. The van der Waals surface area contributed by atoms with Gasteiger partial charge < -0.3 is 18.9 Å². The molecule has 0 atom stereocenters. The standard InChI is InChI=1S/C92H88B2O6/c1-87(2,3)55-41-65(89(7,8)9)77(66(42-55)90(10,11)12)57-45-59-63-37-53(85(95)97-49-51-29-21-19-22-30-51)39-75-83(63)94(70-34-26-28-36-74(70)99-75)72-48-62-58(78-67(91(13,14)15)43-56(88(4,5)6)44-68(78)92(16,17)18)46-60-64-38-54(86(96)98-50-52-31-23-20-24-32-52)40-76-84(64)93(69-33-25-27-35-73(69)100-76)71-47-61(57)81(79(59)72)82(62)80(60)71/h19-48H,49-50H2,1-18H3. The predicted molar refractivity (Wildman–Crippen MR) is 418 cm³/mol. The molecule has 12 aromatic carbocycles. The molecule has 0 radical (unpaired) electrons. The highest BCUT2D eigenvalue weighted by molar-refractivity contribution is 7.01. The smallest absolute Gasteiger partial charge is 0.338 e. The van der Waals surface area contributed by atoms with Crippen molar-refractivity contribution in [3.8, 4) is 67.5 Å². The molecule has 0 bridgehead atoms. The molecule has 12 aromatic rings. The Balaban J connectivity index is 1.15. The molecular weight excluding hydrogens is 1220 g/mol. The lowest BCUT2D eigenvalue weighted by molar-refractivity contribution is 0.0464. The monoisotopic (exact) mass is 1310 g/mol. The van der Waals surface area contributed by atoms with Crippen molar-refractivity contribution in [1.29, 1.82) is 0 Å². The van der Waals surface area contributed by atoms with E-state index in [0.717, 1.165) is 110 Å². The van der Waals surface area contributed by atoms with Gasteiger partial charge in [0.05, 0.1) is 11.1 Å². The lowest BCUT2D eigenvalue weighted by Gasteiger charge is -2.39. The topological polar surface area (TPSA) is 71.1 Å². The lowest BCUT2D eigenvalue weighted by atomic mass is 9.31. The quantitative estimate of drug-likeness (QED) is 0.0858. The third-order valence-corrected chi connectivity index (χ3v) is 21.8. The van der Waals surface area contributed by atoms with Crippen molar-refractivity contribution in [2.75, 3.05) is 0 Å².